The summed E-state index contributed by atoms with van der Waals surface area (Å²) in [5.41, 5.74) is -0.614. The molecule has 0 aliphatic carbocycles. The molecule has 0 rings (SSSR count). The topological polar surface area (TPSA) is 49.3 Å². The molecule has 0 atom stereocenters. The molecule has 0 aromatic rings. The molecule has 0 aliphatic rings. The number of carboxylic acid groups (broad SMARTS) is 1. The van der Waals surface area contributed by atoms with Crippen molar-refractivity contribution in [3.05, 3.63) is 0 Å². The maximum Gasteiger partial charge on any atom is 0.309 e. The summed E-state index contributed by atoms with van der Waals surface area (Å²) in [7, 11) is 1.88. The fourth-order valence-electron chi connectivity index (χ4n) is 1.81. The molecule has 3 heteroatoms. The minimum absolute atomic E-state index is 0.0244. The quantitative estimate of drug-likeness (QED) is 0.689. The molecular formula is C10H21NO2. The van der Waals surface area contributed by atoms with Gasteiger partial charge >= 0.3 is 5.97 Å². The number of hydrogen-bond donors (Lipinski definition) is 2. The van der Waals surface area contributed by atoms with Crippen molar-refractivity contribution in [2.45, 2.75) is 34.1 Å². The minimum Gasteiger partial charge on any atom is -0.481 e. The molecule has 2 N–H and O–H groups in total. The Morgan fingerprint density at radius 2 is 1.77 bits per heavy atom. The van der Waals surface area contributed by atoms with Crippen molar-refractivity contribution >= 4 is 5.97 Å². The van der Waals surface area contributed by atoms with Crippen molar-refractivity contribution in [3.63, 3.8) is 0 Å². The predicted molar refractivity (Wildman–Crippen MR) is 53.7 cm³/mol. The van der Waals surface area contributed by atoms with Gasteiger partial charge in [-0.1, -0.05) is 13.8 Å². The van der Waals surface area contributed by atoms with Crippen molar-refractivity contribution in [3.8, 4) is 0 Å². The van der Waals surface area contributed by atoms with Crippen LogP contribution >= 0.6 is 0 Å². The van der Waals surface area contributed by atoms with E-state index in [1.807, 2.05) is 7.05 Å². The van der Waals surface area contributed by atoms with Crippen LogP contribution in [0.1, 0.15) is 34.1 Å². The highest BCUT2D eigenvalue weighted by Gasteiger charge is 2.34. The molecule has 0 aliphatic heterocycles. The molecule has 78 valence electrons. The Morgan fingerprint density at radius 1 is 1.31 bits per heavy atom. The van der Waals surface area contributed by atoms with E-state index in [-0.39, 0.29) is 5.41 Å². The van der Waals surface area contributed by atoms with Crippen molar-refractivity contribution < 1.29 is 9.90 Å². The highest BCUT2D eigenvalue weighted by atomic mass is 16.4. The molecule has 0 radical (unpaired) electrons. The first-order valence-corrected chi connectivity index (χ1v) is 4.59. The zero-order valence-electron chi connectivity index (χ0n) is 9.27. The molecule has 0 unspecified atom stereocenters. The molecule has 0 aromatic heterocycles. The van der Waals surface area contributed by atoms with Crippen LogP contribution in [0.2, 0.25) is 0 Å². The molecule has 0 heterocycles. The summed E-state index contributed by atoms with van der Waals surface area (Å²) in [6, 6.07) is 0. The normalized spacial score (nSPS) is 13.0. The van der Waals surface area contributed by atoms with Gasteiger partial charge in [-0.15, -0.1) is 0 Å². The summed E-state index contributed by atoms with van der Waals surface area (Å²) in [6.07, 6.45) is 0.677. The first kappa shape index (κ1) is 12.4. The standard InChI is InChI=1S/C10H21NO2/c1-9(2,7-11-5)6-10(3,4)8(12)13/h11H,6-7H2,1-5H3,(H,12,13). The lowest BCUT2D eigenvalue weighted by molar-refractivity contribution is -0.148. The van der Waals surface area contributed by atoms with Gasteiger partial charge in [0.05, 0.1) is 5.41 Å². The Bertz CT molecular complexity index is 185. The summed E-state index contributed by atoms with van der Waals surface area (Å²) in [6.45, 7) is 8.53. The number of nitrogens with one attached hydrogen (secondary N) is 1. The second-order valence-electron chi connectivity index (χ2n) is 5.06. The van der Waals surface area contributed by atoms with Crippen LogP contribution in [0.4, 0.5) is 0 Å². The maximum absolute atomic E-state index is 10.9. The summed E-state index contributed by atoms with van der Waals surface area (Å²) >= 11 is 0. The van der Waals surface area contributed by atoms with Crippen molar-refractivity contribution in [1.82, 2.24) is 5.32 Å². The molecule has 0 saturated heterocycles. The second-order valence-corrected chi connectivity index (χ2v) is 5.06. The fourth-order valence-corrected chi connectivity index (χ4v) is 1.81. The summed E-state index contributed by atoms with van der Waals surface area (Å²) in [4.78, 5) is 10.9. The third-order valence-electron chi connectivity index (χ3n) is 2.15. The lowest BCUT2D eigenvalue weighted by Crippen LogP contribution is -2.35. The number of carbonyl (C=O) groups is 1. The van der Waals surface area contributed by atoms with Gasteiger partial charge in [0.15, 0.2) is 0 Å². The third-order valence-corrected chi connectivity index (χ3v) is 2.15. The van der Waals surface area contributed by atoms with E-state index in [1.165, 1.54) is 0 Å². The Labute approximate surface area is 80.5 Å². The van der Waals surface area contributed by atoms with E-state index in [4.69, 9.17) is 5.11 Å². The number of aliphatic carboxylic acids is 1. The van der Waals surface area contributed by atoms with Gasteiger partial charge < -0.3 is 10.4 Å². The average molecular weight is 187 g/mol. The van der Waals surface area contributed by atoms with E-state index in [0.717, 1.165) is 6.54 Å². The lowest BCUT2D eigenvalue weighted by atomic mass is 9.75. The Balaban J connectivity index is 4.33. The van der Waals surface area contributed by atoms with Crippen LogP contribution in [0.25, 0.3) is 0 Å². The molecular weight excluding hydrogens is 166 g/mol. The molecule has 3 nitrogen and oxygen atoms in total. The highest BCUT2D eigenvalue weighted by Crippen LogP contribution is 2.33. The van der Waals surface area contributed by atoms with Crippen LogP contribution in [0.5, 0.6) is 0 Å². The molecule has 13 heavy (non-hydrogen) atoms. The number of carboxylic acids is 1. The van der Waals surface area contributed by atoms with Crippen LogP contribution < -0.4 is 5.32 Å². The van der Waals surface area contributed by atoms with Gasteiger partial charge in [-0.05, 0) is 39.3 Å². The van der Waals surface area contributed by atoms with E-state index in [9.17, 15) is 4.79 Å². The van der Waals surface area contributed by atoms with Crippen molar-refractivity contribution in [2.24, 2.45) is 10.8 Å². The van der Waals surface area contributed by atoms with Gasteiger partial charge in [-0.3, -0.25) is 4.79 Å². The maximum atomic E-state index is 10.9. The fraction of sp³-hybridized carbons (Fsp3) is 0.900. The zero-order valence-corrected chi connectivity index (χ0v) is 9.27. The number of rotatable bonds is 5. The van der Waals surface area contributed by atoms with Crippen LogP contribution in [-0.4, -0.2) is 24.7 Å². The molecule has 0 bridgehead atoms. The Morgan fingerprint density at radius 3 is 2.08 bits per heavy atom. The summed E-state index contributed by atoms with van der Waals surface area (Å²) < 4.78 is 0. The lowest BCUT2D eigenvalue weighted by Gasteiger charge is -2.31. The van der Waals surface area contributed by atoms with Crippen molar-refractivity contribution in [1.29, 1.82) is 0 Å². The van der Waals surface area contributed by atoms with Gasteiger partial charge in [-0.25, -0.2) is 0 Å². The van der Waals surface area contributed by atoms with Crippen molar-refractivity contribution in [2.75, 3.05) is 13.6 Å². The smallest absolute Gasteiger partial charge is 0.309 e. The van der Waals surface area contributed by atoms with Gasteiger partial charge in [0, 0.05) is 0 Å². The molecule has 0 spiro atoms. The first-order chi connectivity index (χ1) is 5.71. The SMILES string of the molecule is CNCC(C)(C)CC(C)(C)C(=O)O. The molecule has 0 aromatic carbocycles. The first-order valence-electron chi connectivity index (χ1n) is 4.59. The average Bonchev–Trinajstić information content (AvgIpc) is 1.83. The Kier molecular flexibility index (Phi) is 3.91. The van der Waals surface area contributed by atoms with E-state index >= 15 is 0 Å². The molecule has 0 fully saturated rings. The van der Waals surface area contributed by atoms with Crippen LogP contribution in [0.15, 0.2) is 0 Å². The highest BCUT2D eigenvalue weighted by molar-refractivity contribution is 5.73. The summed E-state index contributed by atoms with van der Waals surface area (Å²) in [5, 5.41) is 12.0. The second kappa shape index (κ2) is 4.09. The minimum atomic E-state index is -0.725. The third kappa shape index (κ3) is 4.27. The van der Waals surface area contributed by atoms with E-state index < -0.39 is 11.4 Å². The largest absolute Gasteiger partial charge is 0.481 e. The van der Waals surface area contributed by atoms with Gasteiger partial charge in [0.25, 0.3) is 0 Å². The molecule has 0 saturated carbocycles. The van der Waals surface area contributed by atoms with E-state index in [2.05, 4.69) is 19.2 Å². The van der Waals surface area contributed by atoms with Gasteiger partial charge in [0.2, 0.25) is 0 Å². The van der Waals surface area contributed by atoms with Crippen LogP contribution in [-0.2, 0) is 4.79 Å². The Hall–Kier alpha value is -0.570. The predicted octanol–water partition coefficient (Wildman–Crippen LogP) is 1.73. The monoisotopic (exact) mass is 187 g/mol. The molecule has 0 amide bonds. The van der Waals surface area contributed by atoms with Gasteiger partial charge in [0.1, 0.15) is 0 Å². The van der Waals surface area contributed by atoms with Crippen LogP contribution in [0.3, 0.4) is 0 Å². The van der Waals surface area contributed by atoms with Gasteiger partial charge in [-0.2, -0.15) is 0 Å². The summed E-state index contributed by atoms with van der Waals surface area (Å²) in [5.74, 6) is -0.725. The van der Waals surface area contributed by atoms with E-state index in [1.54, 1.807) is 13.8 Å². The van der Waals surface area contributed by atoms with E-state index in [0.29, 0.717) is 6.42 Å². The van der Waals surface area contributed by atoms with Crippen LogP contribution in [0, 0.1) is 10.8 Å². The number of hydrogen-bond acceptors (Lipinski definition) is 2. The zero-order chi connectivity index (χ0) is 10.7.